The van der Waals surface area contributed by atoms with Gasteiger partial charge in [0.1, 0.15) is 5.60 Å². The topological polar surface area (TPSA) is 76.5 Å². The molecule has 5 rings (SSSR count). The maximum Gasteiger partial charge on any atom is 0.410 e. The molecule has 1 saturated carbocycles. The van der Waals surface area contributed by atoms with Crippen LogP contribution in [0.5, 0.6) is 0 Å². The van der Waals surface area contributed by atoms with Gasteiger partial charge in [0.05, 0.1) is 23.3 Å². The van der Waals surface area contributed by atoms with Crippen molar-refractivity contribution in [2.24, 2.45) is 17.8 Å². The molecule has 2 aliphatic rings. The smallest absolute Gasteiger partial charge is 0.410 e. The fourth-order valence-corrected chi connectivity index (χ4v) is 5.31. The summed E-state index contributed by atoms with van der Waals surface area (Å²) in [6.45, 7) is 11.4. The van der Waals surface area contributed by atoms with Gasteiger partial charge >= 0.3 is 6.09 Å². The van der Waals surface area contributed by atoms with Crippen molar-refractivity contribution in [1.29, 1.82) is 0 Å². The lowest BCUT2D eigenvalue weighted by Gasteiger charge is -2.27. The zero-order valence-corrected chi connectivity index (χ0v) is 21.1. The predicted molar refractivity (Wildman–Crippen MR) is 135 cm³/mol. The molecule has 7 heteroatoms. The van der Waals surface area contributed by atoms with E-state index in [4.69, 9.17) is 9.84 Å². The molecule has 2 atom stereocenters. The largest absolute Gasteiger partial charge is 0.444 e. The van der Waals surface area contributed by atoms with E-state index in [9.17, 15) is 9.59 Å². The van der Waals surface area contributed by atoms with Gasteiger partial charge in [-0.2, -0.15) is 5.10 Å². The van der Waals surface area contributed by atoms with Crippen molar-refractivity contribution in [3.05, 3.63) is 65.9 Å². The van der Waals surface area contributed by atoms with Crippen LogP contribution in [-0.2, 0) is 21.6 Å². The number of rotatable bonds is 5. The zero-order chi connectivity index (χ0) is 25.0. The number of likely N-dealkylation sites (tertiary alicyclic amines) is 1. The lowest BCUT2D eigenvalue weighted by atomic mass is 9.96. The number of piperidine rings is 1. The van der Waals surface area contributed by atoms with Gasteiger partial charge < -0.3 is 15.0 Å². The Morgan fingerprint density at radius 3 is 2.26 bits per heavy atom. The van der Waals surface area contributed by atoms with E-state index < -0.39 is 11.1 Å². The van der Waals surface area contributed by atoms with Crippen LogP contribution >= 0.6 is 0 Å². The number of carbonyl (C=O) groups excluding carboxylic acids is 2. The van der Waals surface area contributed by atoms with Gasteiger partial charge in [-0.3, -0.25) is 9.48 Å². The third-order valence-electron chi connectivity index (χ3n) is 7.01. The summed E-state index contributed by atoms with van der Waals surface area (Å²) >= 11 is 0. The van der Waals surface area contributed by atoms with E-state index in [0.717, 1.165) is 16.6 Å². The molecule has 1 N–H and O–H groups in total. The first-order chi connectivity index (χ1) is 16.5. The molecule has 2 amide bonds. The van der Waals surface area contributed by atoms with Crippen molar-refractivity contribution in [1.82, 2.24) is 20.0 Å². The molecule has 2 unspecified atom stereocenters. The minimum atomic E-state index is -0.639. The summed E-state index contributed by atoms with van der Waals surface area (Å²) in [6.07, 6.45) is -0.292. The second-order valence-electron chi connectivity index (χ2n) is 11.4. The van der Waals surface area contributed by atoms with Crippen molar-refractivity contribution >= 4 is 22.9 Å². The summed E-state index contributed by atoms with van der Waals surface area (Å²) in [7, 11) is 0. The standard InChI is InChI=1S/C28H34N4O3/c1-27(2,3)35-26(34)31-16-20-21(17-31)23(20)25(33)29-28(4,5)24-19-13-9-10-14-22(19)32(30-24)15-18-11-7-6-8-12-18/h6-14,20-21,23H,15-17H2,1-5H3,(H,29,33). The van der Waals surface area contributed by atoms with E-state index in [-0.39, 0.29) is 29.8 Å². The van der Waals surface area contributed by atoms with Crippen LogP contribution < -0.4 is 5.32 Å². The van der Waals surface area contributed by atoms with Crippen molar-refractivity contribution in [2.75, 3.05) is 13.1 Å². The molecule has 3 aromatic rings. The van der Waals surface area contributed by atoms with Crippen LogP contribution in [0.25, 0.3) is 10.9 Å². The third kappa shape index (κ3) is 4.64. The van der Waals surface area contributed by atoms with Crippen LogP contribution in [0.4, 0.5) is 4.79 Å². The molecule has 2 fully saturated rings. The number of nitrogens with zero attached hydrogens (tertiary/aromatic N) is 3. The third-order valence-corrected chi connectivity index (χ3v) is 7.01. The van der Waals surface area contributed by atoms with E-state index in [2.05, 4.69) is 29.6 Å². The highest BCUT2D eigenvalue weighted by Gasteiger charge is 2.61. The average Bonchev–Trinajstić information content (AvgIpc) is 3.11. The lowest BCUT2D eigenvalue weighted by Crippen LogP contribution is -2.44. The van der Waals surface area contributed by atoms with Gasteiger partial charge in [-0.05, 0) is 58.1 Å². The van der Waals surface area contributed by atoms with Gasteiger partial charge in [-0.1, -0.05) is 48.5 Å². The Morgan fingerprint density at radius 1 is 0.971 bits per heavy atom. The Labute approximate surface area is 206 Å². The van der Waals surface area contributed by atoms with E-state index in [1.54, 1.807) is 4.90 Å². The van der Waals surface area contributed by atoms with E-state index >= 15 is 0 Å². The van der Waals surface area contributed by atoms with Crippen molar-refractivity contribution in [3.63, 3.8) is 0 Å². The molecule has 184 valence electrons. The van der Waals surface area contributed by atoms with Crippen LogP contribution in [0, 0.1) is 17.8 Å². The summed E-state index contributed by atoms with van der Waals surface area (Å²) in [5, 5.41) is 9.27. The van der Waals surface area contributed by atoms with Gasteiger partial charge in [-0.15, -0.1) is 0 Å². The van der Waals surface area contributed by atoms with Crippen LogP contribution in [-0.4, -0.2) is 45.4 Å². The Morgan fingerprint density at radius 2 is 1.60 bits per heavy atom. The molecule has 2 aromatic carbocycles. The minimum Gasteiger partial charge on any atom is -0.444 e. The highest BCUT2D eigenvalue weighted by atomic mass is 16.6. The van der Waals surface area contributed by atoms with Crippen LogP contribution in [0.2, 0.25) is 0 Å². The monoisotopic (exact) mass is 474 g/mol. The second-order valence-corrected chi connectivity index (χ2v) is 11.4. The summed E-state index contributed by atoms with van der Waals surface area (Å²) in [6, 6.07) is 18.4. The molecule has 0 radical (unpaired) electrons. The normalized spacial score (nSPS) is 21.6. The maximum absolute atomic E-state index is 13.3. The summed E-state index contributed by atoms with van der Waals surface area (Å²) in [5.41, 5.74) is 1.93. The van der Waals surface area contributed by atoms with Gasteiger partial charge in [0.2, 0.25) is 5.91 Å². The van der Waals surface area contributed by atoms with Crippen molar-refractivity contribution in [3.8, 4) is 0 Å². The highest BCUT2D eigenvalue weighted by Crippen LogP contribution is 2.52. The molecular weight excluding hydrogens is 440 g/mol. The summed E-state index contributed by atoms with van der Waals surface area (Å²) in [4.78, 5) is 27.4. The van der Waals surface area contributed by atoms with E-state index in [1.165, 1.54) is 5.56 Å². The number of nitrogens with one attached hydrogen (secondary N) is 1. The Balaban J connectivity index is 1.29. The van der Waals surface area contributed by atoms with Gasteiger partial charge in [0, 0.05) is 24.4 Å². The van der Waals surface area contributed by atoms with Crippen LogP contribution in [0.3, 0.4) is 0 Å². The lowest BCUT2D eigenvalue weighted by molar-refractivity contribution is -0.125. The fourth-order valence-electron chi connectivity index (χ4n) is 5.31. The number of ether oxygens (including phenoxy) is 1. The molecule has 0 spiro atoms. The molecule has 2 heterocycles. The average molecular weight is 475 g/mol. The van der Waals surface area contributed by atoms with Gasteiger partial charge in [-0.25, -0.2) is 4.79 Å². The number of fused-ring (bicyclic) bond motifs is 2. The molecule has 0 bridgehead atoms. The first-order valence-electron chi connectivity index (χ1n) is 12.3. The van der Waals surface area contributed by atoms with Gasteiger partial charge in [0.15, 0.2) is 0 Å². The van der Waals surface area contributed by atoms with E-state index in [1.807, 2.05) is 69.6 Å². The highest BCUT2D eigenvalue weighted by molar-refractivity contribution is 5.87. The van der Waals surface area contributed by atoms with Gasteiger partial charge in [0.25, 0.3) is 0 Å². The molecule has 1 aliphatic carbocycles. The quantitative estimate of drug-likeness (QED) is 0.589. The molecular formula is C28H34N4O3. The molecule has 1 saturated heterocycles. The number of benzene rings is 2. The number of hydrogen-bond donors (Lipinski definition) is 1. The van der Waals surface area contributed by atoms with E-state index in [0.29, 0.717) is 19.6 Å². The number of hydrogen-bond acceptors (Lipinski definition) is 4. The summed E-state index contributed by atoms with van der Waals surface area (Å²) in [5.74, 6) is 0.373. The zero-order valence-electron chi connectivity index (χ0n) is 21.1. The number of para-hydroxylation sites is 1. The van der Waals surface area contributed by atoms with Crippen LogP contribution in [0.1, 0.15) is 45.9 Å². The minimum absolute atomic E-state index is 0.0375. The molecule has 1 aliphatic heterocycles. The SMILES string of the molecule is CC(C)(C)OC(=O)N1CC2C(C1)C2C(=O)NC(C)(C)c1nn(Cc2ccccc2)c2ccccc12. The number of amides is 2. The summed E-state index contributed by atoms with van der Waals surface area (Å²) < 4.78 is 7.50. The van der Waals surface area contributed by atoms with Crippen LogP contribution in [0.15, 0.2) is 54.6 Å². The first-order valence-corrected chi connectivity index (χ1v) is 12.3. The molecule has 1 aromatic heterocycles. The van der Waals surface area contributed by atoms with Crippen molar-refractivity contribution < 1.29 is 14.3 Å². The first kappa shape index (κ1) is 23.4. The Bertz CT molecular complexity index is 1250. The number of carbonyl (C=O) groups is 2. The molecule has 35 heavy (non-hydrogen) atoms. The van der Waals surface area contributed by atoms with Crippen molar-refractivity contribution in [2.45, 2.75) is 52.3 Å². The fraction of sp³-hybridized carbons (Fsp3) is 0.464. The number of aromatic nitrogens is 2. The second kappa shape index (κ2) is 8.40. The maximum atomic E-state index is 13.3. The predicted octanol–water partition coefficient (Wildman–Crippen LogP) is 4.55. The molecule has 7 nitrogen and oxygen atoms in total. The Kier molecular flexibility index (Phi) is 5.61. The Hall–Kier alpha value is -3.35.